The van der Waals surface area contributed by atoms with E-state index in [1.807, 2.05) is 0 Å². The van der Waals surface area contributed by atoms with E-state index in [9.17, 15) is 0 Å². The van der Waals surface area contributed by atoms with E-state index in [0.717, 1.165) is 11.5 Å². The largest absolute Gasteiger partial charge is 0.179 e. The Morgan fingerprint density at radius 2 is 1.14 bits per heavy atom. The summed E-state index contributed by atoms with van der Waals surface area (Å²) in [5.41, 5.74) is 0. The molecule has 0 aliphatic rings. The second-order valence-electron chi connectivity index (χ2n) is 1.51. The fraction of sp³-hybridized carbons (Fsp3) is 1.00. The first-order valence-electron chi connectivity index (χ1n) is 2.63. The summed E-state index contributed by atoms with van der Waals surface area (Å²) in [5.74, 6) is 2.04. The van der Waals surface area contributed by atoms with Gasteiger partial charge < -0.3 is 0 Å². The summed E-state index contributed by atoms with van der Waals surface area (Å²) in [6, 6.07) is 0. The van der Waals surface area contributed by atoms with E-state index in [1.165, 1.54) is 19.3 Å². The van der Waals surface area contributed by atoms with E-state index in [2.05, 4.69) is 25.3 Å². The van der Waals surface area contributed by atoms with Gasteiger partial charge in [0.05, 0.1) is 0 Å². The molecule has 0 saturated heterocycles. The molecule has 0 rings (SSSR count). The standard InChI is InChI=1S/C5H12S2/c6-4-2-1-3-5-7/h6-7H,1-5H2. The fourth-order valence-corrected chi connectivity index (χ4v) is 0.848. The molecule has 2 heteroatoms. The molecule has 0 bridgehead atoms. The zero-order valence-corrected chi connectivity index (χ0v) is 6.22. The topological polar surface area (TPSA) is 0 Å². The minimum atomic E-state index is 1.02. The summed E-state index contributed by atoms with van der Waals surface area (Å²) in [5, 5.41) is 0. The van der Waals surface area contributed by atoms with Crippen LogP contribution in [0.25, 0.3) is 0 Å². The summed E-state index contributed by atoms with van der Waals surface area (Å²) < 4.78 is 0. The quantitative estimate of drug-likeness (QED) is 0.429. The molecule has 0 unspecified atom stereocenters. The summed E-state index contributed by atoms with van der Waals surface area (Å²) >= 11 is 8.14. The van der Waals surface area contributed by atoms with Crippen molar-refractivity contribution in [1.29, 1.82) is 0 Å². The van der Waals surface area contributed by atoms with Gasteiger partial charge in [-0.25, -0.2) is 0 Å². The first kappa shape index (κ1) is 7.70. The van der Waals surface area contributed by atoms with Gasteiger partial charge in [0.2, 0.25) is 0 Å². The Labute approximate surface area is 56.5 Å². The number of rotatable bonds is 4. The average molecular weight is 136 g/mol. The normalized spacial score (nSPS) is 9.43. The third kappa shape index (κ3) is 6.70. The van der Waals surface area contributed by atoms with Crippen molar-refractivity contribution in [3.63, 3.8) is 0 Å². The Morgan fingerprint density at radius 3 is 1.43 bits per heavy atom. The van der Waals surface area contributed by atoms with E-state index >= 15 is 0 Å². The van der Waals surface area contributed by atoms with Gasteiger partial charge in [-0.1, -0.05) is 6.42 Å². The van der Waals surface area contributed by atoms with Crippen LogP contribution in [0.5, 0.6) is 0 Å². The van der Waals surface area contributed by atoms with Crippen molar-refractivity contribution in [2.75, 3.05) is 11.5 Å². The molecule has 0 aliphatic heterocycles. The summed E-state index contributed by atoms with van der Waals surface area (Å²) in [7, 11) is 0. The molecule has 0 spiro atoms. The number of unbranched alkanes of at least 4 members (excludes halogenated alkanes) is 2. The fourth-order valence-electron chi connectivity index (χ4n) is 0.400. The van der Waals surface area contributed by atoms with Crippen molar-refractivity contribution in [2.45, 2.75) is 19.3 Å². The molecule has 0 aromatic carbocycles. The van der Waals surface area contributed by atoms with Crippen LogP contribution in [0.15, 0.2) is 0 Å². The maximum absolute atomic E-state index is 4.07. The van der Waals surface area contributed by atoms with Crippen LogP contribution < -0.4 is 0 Å². The predicted octanol–water partition coefficient (Wildman–Crippen LogP) is 2.02. The Balaban J connectivity index is 2.45. The second-order valence-corrected chi connectivity index (χ2v) is 2.40. The molecule has 0 radical (unpaired) electrons. The highest BCUT2D eigenvalue weighted by molar-refractivity contribution is 7.80. The highest BCUT2D eigenvalue weighted by atomic mass is 32.1. The lowest BCUT2D eigenvalue weighted by Crippen LogP contribution is -1.77. The minimum absolute atomic E-state index is 1.02. The summed E-state index contributed by atoms with van der Waals surface area (Å²) in [6.45, 7) is 0. The summed E-state index contributed by atoms with van der Waals surface area (Å²) in [4.78, 5) is 0. The molecule has 0 saturated carbocycles. The van der Waals surface area contributed by atoms with Gasteiger partial charge in [-0.3, -0.25) is 0 Å². The molecule has 44 valence electrons. The minimum Gasteiger partial charge on any atom is -0.179 e. The second kappa shape index (κ2) is 6.70. The van der Waals surface area contributed by atoms with Crippen molar-refractivity contribution in [2.24, 2.45) is 0 Å². The zero-order chi connectivity index (χ0) is 5.54. The molecule has 0 nitrogen and oxygen atoms in total. The van der Waals surface area contributed by atoms with Crippen molar-refractivity contribution in [3.8, 4) is 0 Å². The number of hydrogen-bond donors (Lipinski definition) is 2. The lowest BCUT2D eigenvalue weighted by molar-refractivity contribution is 0.788. The Hall–Kier alpha value is 0.700. The highest BCUT2D eigenvalue weighted by Crippen LogP contribution is 1.96. The molecule has 7 heavy (non-hydrogen) atoms. The number of thiol groups is 2. The van der Waals surface area contributed by atoms with E-state index in [0.29, 0.717) is 0 Å². The SMILES string of the molecule is SCCCCCS. The molecule has 0 amide bonds. The molecule has 0 aromatic rings. The van der Waals surface area contributed by atoms with E-state index in [1.54, 1.807) is 0 Å². The number of hydrogen-bond acceptors (Lipinski definition) is 2. The molecule has 0 fully saturated rings. The lowest BCUT2D eigenvalue weighted by Gasteiger charge is -1.90. The maximum atomic E-state index is 4.07. The molecular weight excluding hydrogens is 124 g/mol. The molecule has 0 aromatic heterocycles. The van der Waals surface area contributed by atoms with Gasteiger partial charge in [0, 0.05) is 0 Å². The van der Waals surface area contributed by atoms with E-state index in [-0.39, 0.29) is 0 Å². The highest BCUT2D eigenvalue weighted by Gasteiger charge is 1.80. The summed E-state index contributed by atoms with van der Waals surface area (Å²) in [6.07, 6.45) is 3.76. The van der Waals surface area contributed by atoms with Crippen LogP contribution in [0.2, 0.25) is 0 Å². The van der Waals surface area contributed by atoms with E-state index < -0.39 is 0 Å². The van der Waals surface area contributed by atoms with Crippen LogP contribution in [0.3, 0.4) is 0 Å². The van der Waals surface area contributed by atoms with Gasteiger partial charge in [0.25, 0.3) is 0 Å². The molecule has 0 heterocycles. The van der Waals surface area contributed by atoms with Crippen LogP contribution in [-0.4, -0.2) is 11.5 Å². The van der Waals surface area contributed by atoms with Gasteiger partial charge in [-0.15, -0.1) is 0 Å². The van der Waals surface area contributed by atoms with Crippen molar-refractivity contribution in [3.05, 3.63) is 0 Å². The van der Waals surface area contributed by atoms with Crippen LogP contribution in [0, 0.1) is 0 Å². The first-order chi connectivity index (χ1) is 3.41. The maximum Gasteiger partial charge on any atom is -0.00979 e. The first-order valence-corrected chi connectivity index (χ1v) is 3.90. The van der Waals surface area contributed by atoms with Crippen molar-refractivity contribution >= 4 is 25.3 Å². The van der Waals surface area contributed by atoms with Gasteiger partial charge >= 0.3 is 0 Å². The lowest BCUT2D eigenvalue weighted by atomic mass is 10.3. The van der Waals surface area contributed by atoms with Crippen LogP contribution >= 0.6 is 25.3 Å². The van der Waals surface area contributed by atoms with Gasteiger partial charge in [0.1, 0.15) is 0 Å². The monoisotopic (exact) mass is 136 g/mol. The van der Waals surface area contributed by atoms with Gasteiger partial charge in [0.15, 0.2) is 0 Å². The van der Waals surface area contributed by atoms with Gasteiger partial charge in [-0.2, -0.15) is 25.3 Å². The van der Waals surface area contributed by atoms with E-state index in [4.69, 9.17) is 0 Å². The predicted molar refractivity (Wildman–Crippen MR) is 41.6 cm³/mol. The van der Waals surface area contributed by atoms with Crippen LogP contribution in [0.4, 0.5) is 0 Å². The van der Waals surface area contributed by atoms with Crippen LogP contribution in [-0.2, 0) is 0 Å². The third-order valence-corrected chi connectivity index (χ3v) is 1.45. The van der Waals surface area contributed by atoms with Crippen LogP contribution in [0.1, 0.15) is 19.3 Å². The molecular formula is C5H12S2. The Bertz CT molecular complexity index is 25.3. The molecule has 0 N–H and O–H groups in total. The Morgan fingerprint density at radius 1 is 0.714 bits per heavy atom. The van der Waals surface area contributed by atoms with Crippen molar-refractivity contribution < 1.29 is 0 Å². The van der Waals surface area contributed by atoms with Crippen molar-refractivity contribution in [1.82, 2.24) is 0 Å². The van der Waals surface area contributed by atoms with Gasteiger partial charge in [-0.05, 0) is 24.3 Å². The smallest absolute Gasteiger partial charge is 0.00979 e. The molecule has 0 atom stereocenters. The third-order valence-electron chi connectivity index (χ3n) is 0.816. The average Bonchev–Trinajstić information content (AvgIpc) is 1.69. The molecule has 0 aliphatic carbocycles. The Kier molecular flexibility index (Phi) is 7.37. The zero-order valence-electron chi connectivity index (χ0n) is 4.43.